The van der Waals surface area contributed by atoms with E-state index < -0.39 is 5.97 Å². The molecule has 0 bridgehead atoms. The largest absolute Gasteiger partial charge is 0.478 e. The Labute approximate surface area is 90.8 Å². The molecule has 76 valence electrons. The molecule has 0 unspecified atom stereocenters. The van der Waals surface area contributed by atoms with Crippen molar-refractivity contribution >= 4 is 23.0 Å². The number of benzene rings is 1. The number of carboxylic acids is 1. The van der Waals surface area contributed by atoms with E-state index in [1.165, 1.54) is 17.4 Å². The first-order valence-corrected chi connectivity index (χ1v) is 5.23. The molecule has 1 aromatic carbocycles. The Kier molecular flexibility index (Phi) is 2.43. The number of nitrogens with two attached hydrogens (primary N) is 1. The van der Waals surface area contributed by atoms with E-state index in [9.17, 15) is 4.79 Å². The van der Waals surface area contributed by atoms with E-state index in [0.717, 1.165) is 4.88 Å². The smallest absolute Gasteiger partial charge is 0.336 e. The number of carbonyl (C=O) groups is 1. The van der Waals surface area contributed by atoms with Crippen molar-refractivity contribution in [3.63, 3.8) is 0 Å². The quantitative estimate of drug-likeness (QED) is 0.763. The number of hydrogen-bond donors (Lipinski definition) is 2. The van der Waals surface area contributed by atoms with E-state index in [1.807, 2.05) is 17.5 Å². The van der Waals surface area contributed by atoms with E-state index >= 15 is 0 Å². The minimum atomic E-state index is -0.932. The third-order valence-electron chi connectivity index (χ3n) is 2.06. The Hall–Kier alpha value is -1.81. The fraction of sp³-hybridized carbons (Fsp3) is 0. The van der Waals surface area contributed by atoms with Crippen LogP contribution >= 0.6 is 11.3 Å². The van der Waals surface area contributed by atoms with Crippen LogP contribution in [0.5, 0.6) is 0 Å². The van der Waals surface area contributed by atoms with E-state index in [0.29, 0.717) is 11.3 Å². The highest BCUT2D eigenvalue weighted by molar-refractivity contribution is 7.13. The molecule has 0 saturated heterocycles. The Bertz CT molecular complexity index is 491. The fourth-order valence-electron chi connectivity index (χ4n) is 1.38. The van der Waals surface area contributed by atoms with Crippen molar-refractivity contribution in [3.8, 4) is 10.4 Å². The van der Waals surface area contributed by atoms with Crippen molar-refractivity contribution in [2.75, 3.05) is 5.73 Å². The molecule has 0 spiro atoms. The molecule has 2 aromatic rings. The van der Waals surface area contributed by atoms with Gasteiger partial charge in [0.25, 0.3) is 0 Å². The highest BCUT2D eigenvalue weighted by Gasteiger charge is 2.12. The molecule has 15 heavy (non-hydrogen) atoms. The first-order chi connectivity index (χ1) is 7.18. The summed E-state index contributed by atoms with van der Waals surface area (Å²) in [5, 5.41) is 10.9. The summed E-state index contributed by atoms with van der Waals surface area (Å²) in [7, 11) is 0. The molecule has 0 aliphatic carbocycles. The van der Waals surface area contributed by atoms with Crippen LogP contribution in [0.1, 0.15) is 10.4 Å². The van der Waals surface area contributed by atoms with Crippen LogP contribution in [-0.4, -0.2) is 11.1 Å². The van der Waals surface area contributed by atoms with Crippen molar-refractivity contribution in [1.82, 2.24) is 0 Å². The summed E-state index contributed by atoms with van der Waals surface area (Å²) in [6, 6.07) is 8.59. The molecule has 3 nitrogen and oxygen atoms in total. The number of hydrogen-bond acceptors (Lipinski definition) is 3. The maximum absolute atomic E-state index is 11.0. The second kappa shape index (κ2) is 3.74. The van der Waals surface area contributed by atoms with Gasteiger partial charge in [0.1, 0.15) is 0 Å². The zero-order valence-corrected chi connectivity index (χ0v) is 8.62. The van der Waals surface area contributed by atoms with Gasteiger partial charge in [-0.2, -0.15) is 0 Å². The first-order valence-electron chi connectivity index (χ1n) is 4.35. The second-order valence-corrected chi connectivity index (χ2v) is 4.04. The van der Waals surface area contributed by atoms with E-state index in [-0.39, 0.29) is 5.56 Å². The van der Waals surface area contributed by atoms with Crippen molar-refractivity contribution < 1.29 is 9.90 Å². The highest BCUT2D eigenvalue weighted by Crippen LogP contribution is 2.29. The van der Waals surface area contributed by atoms with Gasteiger partial charge in [0, 0.05) is 16.1 Å². The number of anilines is 1. The third kappa shape index (κ3) is 1.85. The van der Waals surface area contributed by atoms with Crippen LogP contribution in [0.4, 0.5) is 5.69 Å². The first kappa shape index (κ1) is 9.73. The summed E-state index contributed by atoms with van der Waals surface area (Å²) in [6.07, 6.45) is 0. The molecule has 1 aromatic heterocycles. The van der Waals surface area contributed by atoms with Crippen molar-refractivity contribution in [2.24, 2.45) is 0 Å². The standard InChI is InChI=1S/C11H9NO2S/c12-7-3-4-8(11(13)14)9(6-7)10-2-1-5-15-10/h1-6H,12H2,(H,13,14). The summed E-state index contributed by atoms with van der Waals surface area (Å²) >= 11 is 1.50. The number of rotatable bonds is 2. The molecule has 0 radical (unpaired) electrons. The van der Waals surface area contributed by atoms with Crippen LogP contribution < -0.4 is 5.73 Å². The number of aromatic carboxylic acids is 1. The van der Waals surface area contributed by atoms with E-state index in [4.69, 9.17) is 10.8 Å². The van der Waals surface area contributed by atoms with Crippen LogP contribution in [0.15, 0.2) is 35.7 Å². The van der Waals surface area contributed by atoms with Gasteiger partial charge in [-0.25, -0.2) is 4.79 Å². The van der Waals surface area contributed by atoms with Crippen molar-refractivity contribution in [1.29, 1.82) is 0 Å². The average molecular weight is 219 g/mol. The topological polar surface area (TPSA) is 63.3 Å². The summed E-state index contributed by atoms with van der Waals surface area (Å²) in [5.41, 5.74) is 7.18. The molecular weight excluding hydrogens is 210 g/mol. The molecule has 0 saturated carbocycles. The minimum absolute atomic E-state index is 0.284. The van der Waals surface area contributed by atoms with Crippen LogP contribution in [-0.2, 0) is 0 Å². The van der Waals surface area contributed by atoms with Gasteiger partial charge in [-0.3, -0.25) is 0 Å². The zero-order valence-electron chi connectivity index (χ0n) is 7.81. The Morgan fingerprint density at radius 3 is 2.73 bits per heavy atom. The lowest BCUT2D eigenvalue weighted by atomic mass is 10.1. The maximum Gasteiger partial charge on any atom is 0.336 e. The van der Waals surface area contributed by atoms with Crippen molar-refractivity contribution in [2.45, 2.75) is 0 Å². The van der Waals surface area contributed by atoms with E-state index in [2.05, 4.69) is 0 Å². The molecule has 0 aliphatic rings. The van der Waals surface area contributed by atoms with Gasteiger partial charge >= 0.3 is 5.97 Å². The fourth-order valence-corrected chi connectivity index (χ4v) is 2.14. The van der Waals surface area contributed by atoms with Crippen LogP contribution in [0.25, 0.3) is 10.4 Å². The molecule has 4 heteroatoms. The molecule has 0 atom stereocenters. The SMILES string of the molecule is Nc1ccc(C(=O)O)c(-c2cccs2)c1. The Morgan fingerprint density at radius 1 is 1.33 bits per heavy atom. The number of carboxylic acid groups (broad SMARTS) is 1. The van der Waals surface area contributed by atoms with Gasteiger partial charge in [-0.05, 0) is 29.6 Å². The molecule has 3 N–H and O–H groups in total. The normalized spacial score (nSPS) is 10.1. The van der Waals surface area contributed by atoms with Crippen LogP contribution in [0, 0.1) is 0 Å². The number of nitrogen functional groups attached to an aromatic ring is 1. The van der Waals surface area contributed by atoms with Gasteiger partial charge in [-0.1, -0.05) is 6.07 Å². The van der Waals surface area contributed by atoms with Gasteiger partial charge in [-0.15, -0.1) is 11.3 Å². The Morgan fingerprint density at radius 2 is 2.13 bits per heavy atom. The summed E-state index contributed by atoms with van der Waals surface area (Å²) in [4.78, 5) is 11.9. The summed E-state index contributed by atoms with van der Waals surface area (Å²) in [5.74, 6) is -0.932. The molecular formula is C11H9NO2S. The van der Waals surface area contributed by atoms with Crippen LogP contribution in [0.3, 0.4) is 0 Å². The summed E-state index contributed by atoms with van der Waals surface area (Å²) < 4.78 is 0. The van der Waals surface area contributed by atoms with Gasteiger partial charge < -0.3 is 10.8 Å². The summed E-state index contributed by atoms with van der Waals surface area (Å²) in [6.45, 7) is 0. The predicted octanol–water partition coefficient (Wildman–Crippen LogP) is 2.70. The maximum atomic E-state index is 11.0. The van der Waals surface area contributed by atoms with E-state index in [1.54, 1.807) is 12.1 Å². The highest BCUT2D eigenvalue weighted by atomic mass is 32.1. The predicted molar refractivity (Wildman–Crippen MR) is 61.1 cm³/mol. The lowest BCUT2D eigenvalue weighted by molar-refractivity contribution is 0.0698. The molecule has 2 rings (SSSR count). The Balaban J connectivity index is 2.63. The number of thiophene rings is 1. The van der Waals surface area contributed by atoms with Gasteiger partial charge in [0.2, 0.25) is 0 Å². The molecule has 1 heterocycles. The molecule has 0 amide bonds. The van der Waals surface area contributed by atoms with Gasteiger partial charge in [0.05, 0.1) is 5.56 Å². The second-order valence-electron chi connectivity index (χ2n) is 3.09. The van der Waals surface area contributed by atoms with Gasteiger partial charge in [0.15, 0.2) is 0 Å². The molecule has 0 fully saturated rings. The monoisotopic (exact) mass is 219 g/mol. The zero-order chi connectivity index (χ0) is 10.8. The molecule has 0 aliphatic heterocycles. The minimum Gasteiger partial charge on any atom is -0.478 e. The van der Waals surface area contributed by atoms with Crippen molar-refractivity contribution in [3.05, 3.63) is 41.3 Å². The van der Waals surface area contributed by atoms with Crippen LogP contribution in [0.2, 0.25) is 0 Å². The lowest BCUT2D eigenvalue weighted by Gasteiger charge is -2.04. The average Bonchev–Trinajstić information content (AvgIpc) is 2.69. The third-order valence-corrected chi connectivity index (χ3v) is 2.96. The lowest BCUT2D eigenvalue weighted by Crippen LogP contribution is -1.99.